The van der Waals surface area contributed by atoms with Crippen molar-refractivity contribution in [3.8, 4) is 11.3 Å². The Morgan fingerprint density at radius 1 is 0.968 bits per heavy atom. The number of carbonyl (C=O) groups excluding carboxylic acids is 1. The minimum Gasteiger partial charge on any atom is -0.320 e. The number of fused-ring (bicyclic) bond motifs is 1. The summed E-state index contributed by atoms with van der Waals surface area (Å²) in [4.78, 5) is 21.7. The Bertz CT molecular complexity index is 1310. The Labute approximate surface area is 175 Å². The number of nitrogens with zero attached hydrogens (tertiary/aromatic N) is 4. The molecule has 4 aromatic rings. The maximum absolute atomic E-state index is 13.5. The third-order valence-corrected chi connectivity index (χ3v) is 4.87. The van der Waals surface area contributed by atoms with Crippen LogP contribution in [0.3, 0.4) is 0 Å². The number of benzene rings is 1. The fourth-order valence-electron chi connectivity index (χ4n) is 3.41. The first-order valence-electron chi connectivity index (χ1n) is 9.43. The standard InChI is InChI=1S/C22H18F3N5O/c1-12-8-9-17(13(2)26-12)28-21(31)19-14(3)29-30-11-10-18(27-20(19)30)15-6-4-5-7-16(15)22(23,24)25/h4-11H,1-3H3,(H,28,31). The third-order valence-electron chi connectivity index (χ3n) is 4.87. The number of halogens is 3. The molecule has 0 spiro atoms. The van der Waals surface area contributed by atoms with Crippen molar-refractivity contribution >= 4 is 17.2 Å². The molecular weight excluding hydrogens is 407 g/mol. The van der Waals surface area contributed by atoms with Crippen molar-refractivity contribution in [2.75, 3.05) is 5.32 Å². The van der Waals surface area contributed by atoms with E-state index in [2.05, 4.69) is 20.4 Å². The zero-order chi connectivity index (χ0) is 22.3. The van der Waals surface area contributed by atoms with Crippen LogP contribution >= 0.6 is 0 Å². The van der Waals surface area contributed by atoms with E-state index < -0.39 is 17.6 Å². The van der Waals surface area contributed by atoms with Crippen molar-refractivity contribution in [3.05, 3.63) is 76.9 Å². The normalized spacial score (nSPS) is 11.7. The SMILES string of the molecule is Cc1ccc(NC(=O)c2c(C)nn3ccc(-c4ccccc4C(F)(F)F)nc23)c(C)n1. The van der Waals surface area contributed by atoms with Gasteiger partial charge in [0.25, 0.3) is 5.91 Å². The number of rotatable bonds is 3. The van der Waals surface area contributed by atoms with Gasteiger partial charge in [0.2, 0.25) is 0 Å². The molecule has 0 fully saturated rings. The Morgan fingerprint density at radius 2 is 1.71 bits per heavy atom. The second-order valence-corrected chi connectivity index (χ2v) is 7.12. The summed E-state index contributed by atoms with van der Waals surface area (Å²) in [5.74, 6) is -0.463. The molecule has 0 saturated heterocycles. The van der Waals surface area contributed by atoms with Crippen LogP contribution in [0.2, 0.25) is 0 Å². The van der Waals surface area contributed by atoms with Crippen molar-refractivity contribution < 1.29 is 18.0 Å². The Balaban J connectivity index is 1.80. The summed E-state index contributed by atoms with van der Waals surface area (Å²) < 4.78 is 41.7. The van der Waals surface area contributed by atoms with Crippen LogP contribution in [0.4, 0.5) is 18.9 Å². The molecule has 0 aliphatic heterocycles. The molecule has 6 nitrogen and oxygen atoms in total. The van der Waals surface area contributed by atoms with Crippen LogP contribution in [-0.2, 0) is 6.18 Å². The van der Waals surface area contributed by atoms with Gasteiger partial charge < -0.3 is 5.32 Å². The summed E-state index contributed by atoms with van der Waals surface area (Å²) >= 11 is 0. The first-order chi connectivity index (χ1) is 14.6. The summed E-state index contributed by atoms with van der Waals surface area (Å²) in [7, 11) is 0. The van der Waals surface area contributed by atoms with Gasteiger partial charge in [0.05, 0.1) is 28.3 Å². The minimum absolute atomic E-state index is 0.0682. The third kappa shape index (κ3) is 3.86. The summed E-state index contributed by atoms with van der Waals surface area (Å²) in [6.07, 6.45) is -3.04. The molecule has 1 N–H and O–H groups in total. The van der Waals surface area contributed by atoms with E-state index in [1.807, 2.05) is 6.92 Å². The van der Waals surface area contributed by atoms with Gasteiger partial charge >= 0.3 is 6.18 Å². The second-order valence-electron chi connectivity index (χ2n) is 7.12. The van der Waals surface area contributed by atoms with Crippen LogP contribution in [0, 0.1) is 20.8 Å². The number of nitrogens with one attached hydrogen (secondary N) is 1. The number of carbonyl (C=O) groups is 1. The highest BCUT2D eigenvalue weighted by Gasteiger charge is 2.33. The highest BCUT2D eigenvalue weighted by molar-refractivity contribution is 6.09. The maximum Gasteiger partial charge on any atom is 0.417 e. The first-order valence-corrected chi connectivity index (χ1v) is 9.43. The van der Waals surface area contributed by atoms with Gasteiger partial charge in [0.1, 0.15) is 5.56 Å². The number of amides is 1. The molecule has 0 aliphatic carbocycles. The van der Waals surface area contributed by atoms with Crippen molar-refractivity contribution in [1.82, 2.24) is 19.6 Å². The van der Waals surface area contributed by atoms with E-state index >= 15 is 0 Å². The van der Waals surface area contributed by atoms with E-state index in [0.29, 0.717) is 17.1 Å². The molecular formula is C22H18F3N5O. The van der Waals surface area contributed by atoms with E-state index in [1.54, 1.807) is 26.0 Å². The highest BCUT2D eigenvalue weighted by atomic mass is 19.4. The molecule has 4 rings (SSSR count). The fourth-order valence-corrected chi connectivity index (χ4v) is 3.41. The van der Waals surface area contributed by atoms with Crippen LogP contribution in [0.1, 0.15) is 33.0 Å². The second kappa shape index (κ2) is 7.50. The number of alkyl halides is 3. The molecule has 9 heteroatoms. The van der Waals surface area contributed by atoms with Crippen molar-refractivity contribution in [1.29, 1.82) is 0 Å². The van der Waals surface area contributed by atoms with Crippen LogP contribution in [-0.4, -0.2) is 25.5 Å². The molecule has 31 heavy (non-hydrogen) atoms. The number of anilines is 1. The van der Waals surface area contributed by atoms with Gasteiger partial charge in [0, 0.05) is 17.5 Å². The van der Waals surface area contributed by atoms with Gasteiger partial charge in [-0.15, -0.1) is 0 Å². The van der Waals surface area contributed by atoms with Crippen molar-refractivity contribution in [2.24, 2.45) is 0 Å². The molecule has 3 heterocycles. The molecule has 0 saturated carbocycles. The highest BCUT2D eigenvalue weighted by Crippen LogP contribution is 2.36. The lowest BCUT2D eigenvalue weighted by Crippen LogP contribution is -2.15. The van der Waals surface area contributed by atoms with Crippen molar-refractivity contribution in [2.45, 2.75) is 26.9 Å². The number of aromatic nitrogens is 4. The average molecular weight is 425 g/mol. The predicted molar refractivity (Wildman–Crippen MR) is 110 cm³/mol. The number of hydrogen-bond acceptors (Lipinski definition) is 4. The first kappa shape index (κ1) is 20.5. The van der Waals surface area contributed by atoms with Gasteiger partial charge in [0.15, 0.2) is 5.65 Å². The Morgan fingerprint density at radius 3 is 2.42 bits per heavy atom. The Hall–Kier alpha value is -3.75. The molecule has 158 valence electrons. The smallest absolute Gasteiger partial charge is 0.320 e. The quantitative estimate of drug-likeness (QED) is 0.502. The van der Waals surface area contributed by atoms with Gasteiger partial charge in [-0.25, -0.2) is 9.50 Å². The van der Waals surface area contributed by atoms with Crippen LogP contribution in [0.15, 0.2) is 48.7 Å². The van der Waals surface area contributed by atoms with E-state index in [4.69, 9.17) is 0 Å². The lowest BCUT2D eigenvalue weighted by atomic mass is 10.0. The summed E-state index contributed by atoms with van der Waals surface area (Å²) in [5.41, 5.74) is 2.00. The summed E-state index contributed by atoms with van der Waals surface area (Å²) in [5, 5.41) is 7.07. The topological polar surface area (TPSA) is 72.2 Å². The van der Waals surface area contributed by atoms with E-state index in [0.717, 1.165) is 11.8 Å². The molecule has 1 amide bonds. The van der Waals surface area contributed by atoms with Crippen LogP contribution in [0.25, 0.3) is 16.9 Å². The van der Waals surface area contributed by atoms with Crippen molar-refractivity contribution in [3.63, 3.8) is 0 Å². The molecule has 0 atom stereocenters. The molecule has 0 bridgehead atoms. The number of hydrogen-bond donors (Lipinski definition) is 1. The molecule has 0 radical (unpaired) electrons. The lowest BCUT2D eigenvalue weighted by Gasteiger charge is -2.12. The van der Waals surface area contributed by atoms with Crippen LogP contribution < -0.4 is 5.32 Å². The molecule has 0 unspecified atom stereocenters. The molecule has 3 aromatic heterocycles. The lowest BCUT2D eigenvalue weighted by molar-refractivity contribution is -0.137. The van der Waals surface area contributed by atoms with Gasteiger partial charge in [-0.05, 0) is 45.0 Å². The van der Waals surface area contributed by atoms with Gasteiger partial charge in [-0.1, -0.05) is 18.2 Å². The zero-order valence-electron chi connectivity index (χ0n) is 16.9. The number of pyridine rings is 1. The summed E-state index contributed by atoms with van der Waals surface area (Å²) in [6.45, 7) is 5.27. The van der Waals surface area contributed by atoms with Crippen LogP contribution in [0.5, 0.6) is 0 Å². The molecule has 1 aromatic carbocycles. The largest absolute Gasteiger partial charge is 0.417 e. The Kier molecular flexibility index (Phi) is 4.96. The zero-order valence-corrected chi connectivity index (χ0v) is 16.9. The van der Waals surface area contributed by atoms with E-state index in [-0.39, 0.29) is 22.5 Å². The monoisotopic (exact) mass is 425 g/mol. The minimum atomic E-state index is -4.53. The van der Waals surface area contributed by atoms with E-state index in [9.17, 15) is 18.0 Å². The van der Waals surface area contributed by atoms with E-state index in [1.165, 1.54) is 35.0 Å². The molecule has 0 aliphatic rings. The fraction of sp³-hybridized carbons (Fsp3) is 0.182. The maximum atomic E-state index is 13.5. The predicted octanol–water partition coefficient (Wildman–Crippen LogP) is 4.99. The van der Waals surface area contributed by atoms with Gasteiger partial charge in [-0.3, -0.25) is 9.78 Å². The average Bonchev–Trinajstić information content (AvgIpc) is 3.04. The summed E-state index contributed by atoms with van der Waals surface area (Å²) in [6, 6.07) is 10.2. The van der Waals surface area contributed by atoms with Gasteiger partial charge in [-0.2, -0.15) is 18.3 Å². The number of aryl methyl sites for hydroxylation is 3.